The number of hydrogen-bond acceptors (Lipinski definition) is 3. The minimum atomic E-state index is -3.47. The lowest BCUT2D eigenvalue weighted by molar-refractivity contribution is 0.462. The lowest BCUT2D eigenvalue weighted by Gasteiger charge is -2.24. The van der Waals surface area contributed by atoms with Gasteiger partial charge in [0.1, 0.15) is 0 Å². The van der Waals surface area contributed by atoms with Gasteiger partial charge in [0.2, 0.25) is 10.0 Å². The zero-order chi connectivity index (χ0) is 20.1. The summed E-state index contributed by atoms with van der Waals surface area (Å²) in [5, 5.41) is 0. The molecule has 4 nitrogen and oxygen atoms in total. The molecule has 27 heavy (non-hydrogen) atoms. The predicted molar refractivity (Wildman–Crippen MR) is 115 cm³/mol. The first kappa shape index (κ1) is 22.6. The zero-order valence-corrected chi connectivity index (χ0v) is 19.1. The van der Waals surface area contributed by atoms with Gasteiger partial charge < -0.3 is 4.57 Å². The fraction of sp³-hybridized carbons (Fsp3) is 0.714. The molecule has 0 spiro atoms. The third kappa shape index (κ3) is 5.92. The summed E-state index contributed by atoms with van der Waals surface area (Å²) in [6.07, 6.45) is 6.47. The van der Waals surface area contributed by atoms with Gasteiger partial charge in [-0.05, 0) is 43.7 Å². The highest BCUT2D eigenvalue weighted by molar-refractivity contribution is 7.89. The van der Waals surface area contributed by atoms with E-state index in [2.05, 4.69) is 20.8 Å². The number of aryl methyl sites for hydroxylation is 1. The van der Waals surface area contributed by atoms with Crippen molar-refractivity contribution in [2.24, 2.45) is 11.8 Å². The Bertz CT molecular complexity index is 733. The number of hydrogen-bond donors (Lipinski definition) is 0. The Hall–Kier alpha value is -0.640. The van der Waals surface area contributed by atoms with Crippen molar-refractivity contribution in [3.8, 4) is 0 Å². The van der Waals surface area contributed by atoms with Crippen LogP contribution in [-0.2, 0) is 14.6 Å². The van der Waals surface area contributed by atoms with E-state index < -0.39 is 17.2 Å². The van der Waals surface area contributed by atoms with Gasteiger partial charge in [-0.15, -0.1) is 0 Å². The molecule has 2 atom stereocenters. The highest BCUT2D eigenvalue weighted by atomic mass is 32.2. The Morgan fingerprint density at radius 2 is 1.59 bits per heavy atom. The third-order valence-corrected chi connectivity index (χ3v) is 11.0. The molecule has 0 aromatic heterocycles. The largest absolute Gasteiger partial charge is 0.324 e. The molecule has 6 heteroatoms. The average molecular weight is 414 g/mol. The van der Waals surface area contributed by atoms with Gasteiger partial charge in [0.15, 0.2) is 0 Å². The van der Waals surface area contributed by atoms with Crippen LogP contribution >= 0.6 is 7.14 Å². The maximum Gasteiger partial charge on any atom is 0.243 e. The van der Waals surface area contributed by atoms with Crippen LogP contribution in [-0.4, -0.2) is 44.3 Å². The summed E-state index contributed by atoms with van der Waals surface area (Å²) in [5.74, 6) is 0.451. The van der Waals surface area contributed by atoms with Crippen molar-refractivity contribution in [2.45, 2.75) is 58.3 Å². The fourth-order valence-electron chi connectivity index (χ4n) is 3.89. The SMILES string of the molecule is CCCCP(=O)(CCCC)CC1CN(S(=O)(=O)c2ccc(C)cc2)CC1C. The molecular weight excluding hydrogens is 377 g/mol. The summed E-state index contributed by atoms with van der Waals surface area (Å²) in [4.78, 5) is 0.362. The van der Waals surface area contributed by atoms with E-state index in [9.17, 15) is 13.0 Å². The molecule has 2 unspecified atom stereocenters. The second-order valence-corrected chi connectivity index (χ2v) is 13.6. The Kier molecular flexibility index (Phi) is 8.15. The summed E-state index contributed by atoms with van der Waals surface area (Å²) >= 11 is 0. The normalized spacial score (nSPS) is 21.6. The molecule has 1 aromatic rings. The van der Waals surface area contributed by atoms with Crippen LogP contribution in [0.5, 0.6) is 0 Å². The molecule has 0 amide bonds. The first-order valence-electron chi connectivity index (χ1n) is 10.4. The van der Waals surface area contributed by atoms with Crippen molar-refractivity contribution in [3.05, 3.63) is 29.8 Å². The second kappa shape index (κ2) is 9.71. The van der Waals surface area contributed by atoms with Crippen molar-refractivity contribution in [1.82, 2.24) is 4.31 Å². The summed E-state index contributed by atoms with van der Waals surface area (Å²) in [7, 11) is -5.68. The molecule has 1 heterocycles. The van der Waals surface area contributed by atoms with Gasteiger partial charge in [-0.2, -0.15) is 4.31 Å². The van der Waals surface area contributed by atoms with Crippen LogP contribution < -0.4 is 0 Å². The van der Waals surface area contributed by atoms with E-state index in [4.69, 9.17) is 0 Å². The Morgan fingerprint density at radius 1 is 1.04 bits per heavy atom. The Labute approximate surface area is 166 Å². The maximum atomic E-state index is 13.5. The van der Waals surface area contributed by atoms with Crippen LogP contribution in [0, 0.1) is 18.8 Å². The van der Waals surface area contributed by atoms with Gasteiger partial charge in [0, 0.05) is 31.6 Å². The Morgan fingerprint density at radius 3 is 2.11 bits per heavy atom. The Balaban J connectivity index is 2.12. The lowest BCUT2D eigenvalue weighted by atomic mass is 10.0. The lowest BCUT2D eigenvalue weighted by Crippen LogP contribution is -2.29. The summed E-state index contributed by atoms with van der Waals surface area (Å²) in [6.45, 7) is 9.37. The molecule has 0 bridgehead atoms. The maximum absolute atomic E-state index is 13.5. The van der Waals surface area contributed by atoms with E-state index in [0.717, 1.165) is 43.6 Å². The van der Waals surface area contributed by atoms with Crippen molar-refractivity contribution in [2.75, 3.05) is 31.6 Å². The number of sulfonamides is 1. The van der Waals surface area contributed by atoms with Crippen molar-refractivity contribution in [3.63, 3.8) is 0 Å². The molecular formula is C21H36NO3PS. The quantitative estimate of drug-likeness (QED) is 0.495. The van der Waals surface area contributed by atoms with Crippen molar-refractivity contribution in [1.29, 1.82) is 0 Å². The molecule has 1 fully saturated rings. The van der Waals surface area contributed by atoms with E-state index >= 15 is 0 Å². The van der Waals surface area contributed by atoms with Gasteiger partial charge >= 0.3 is 0 Å². The van der Waals surface area contributed by atoms with E-state index in [-0.39, 0.29) is 11.8 Å². The molecule has 0 aliphatic carbocycles. The molecule has 1 saturated heterocycles. The first-order chi connectivity index (χ1) is 12.7. The van der Waals surface area contributed by atoms with Crippen LogP contribution in [0.1, 0.15) is 52.0 Å². The second-order valence-electron chi connectivity index (χ2n) is 8.27. The number of unbranched alkanes of at least 4 members (excludes halogenated alkanes) is 2. The van der Waals surface area contributed by atoms with Gasteiger partial charge in [-0.25, -0.2) is 8.42 Å². The molecule has 0 N–H and O–H groups in total. The molecule has 2 rings (SSSR count). The molecule has 1 aliphatic heterocycles. The molecule has 1 aliphatic rings. The predicted octanol–water partition coefficient (Wildman–Crippen LogP) is 5.21. The number of benzene rings is 1. The molecule has 154 valence electrons. The first-order valence-corrected chi connectivity index (χ1v) is 14.1. The highest BCUT2D eigenvalue weighted by Crippen LogP contribution is 2.51. The average Bonchev–Trinajstić information content (AvgIpc) is 3.00. The van der Waals surface area contributed by atoms with Crippen LogP contribution in [0.2, 0.25) is 0 Å². The minimum absolute atomic E-state index is 0.199. The summed E-state index contributed by atoms with van der Waals surface area (Å²) in [5.41, 5.74) is 1.05. The molecule has 0 saturated carbocycles. The minimum Gasteiger partial charge on any atom is -0.324 e. The van der Waals surface area contributed by atoms with Crippen molar-refractivity contribution < 1.29 is 13.0 Å². The smallest absolute Gasteiger partial charge is 0.243 e. The zero-order valence-electron chi connectivity index (χ0n) is 17.4. The summed E-state index contributed by atoms with van der Waals surface area (Å²) in [6, 6.07) is 7.06. The van der Waals surface area contributed by atoms with Crippen LogP contribution in [0.4, 0.5) is 0 Å². The molecule has 0 radical (unpaired) electrons. The van der Waals surface area contributed by atoms with Gasteiger partial charge in [-0.3, -0.25) is 0 Å². The number of rotatable bonds is 10. The third-order valence-electron chi connectivity index (χ3n) is 5.80. The fourth-order valence-corrected chi connectivity index (χ4v) is 9.20. The van der Waals surface area contributed by atoms with Gasteiger partial charge in [0.05, 0.1) is 12.0 Å². The van der Waals surface area contributed by atoms with E-state index in [1.807, 2.05) is 19.1 Å². The van der Waals surface area contributed by atoms with Crippen LogP contribution in [0.15, 0.2) is 29.2 Å². The van der Waals surface area contributed by atoms with Crippen LogP contribution in [0.3, 0.4) is 0 Å². The van der Waals surface area contributed by atoms with E-state index in [1.54, 1.807) is 16.4 Å². The molecule has 1 aromatic carbocycles. The van der Waals surface area contributed by atoms with Gasteiger partial charge in [0.25, 0.3) is 0 Å². The van der Waals surface area contributed by atoms with Crippen LogP contribution in [0.25, 0.3) is 0 Å². The monoisotopic (exact) mass is 413 g/mol. The van der Waals surface area contributed by atoms with E-state index in [0.29, 0.717) is 24.1 Å². The highest BCUT2D eigenvalue weighted by Gasteiger charge is 2.40. The number of nitrogens with zero attached hydrogens (tertiary/aromatic N) is 1. The topological polar surface area (TPSA) is 54.5 Å². The van der Waals surface area contributed by atoms with E-state index in [1.165, 1.54) is 0 Å². The summed E-state index contributed by atoms with van der Waals surface area (Å²) < 4.78 is 41.1. The standard InChI is InChI=1S/C21H36NO3PS/c1-5-7-13-26(23,14-8-6-2)17-20-16-22(15-19(20)4)27(24,25)21-11-9-18(3)10-12-21/h9-12,19-20H,5-8,13-17H2,1-4H3. The van der Waals surface area contributed by atoms with Crippen molar-refractivity contribution >= 4 is 17.2 Å². The van der Waals surface area contributed by atoms with Gasteiger partial charge in [-0.1, -0.05) is 51.3 Å².